The Bertz CT molecular complexity index is 1290. The van der Waals surface area contributed by atoms with Crippen LogP contribution in [0.5, 0.6) is 0 Å². The number of benzene rings is 3. The van der Waals surface area contributed by atoms with E-state index >= 15 is 0 Å². The molecule has 0 aliphatic heterocycles. The Hall–Kier alpha value is -5.12. The molecule has 0 aliphatic carbocycles. The number of amides is 3. The third-order valence-electron chi connectivity index (χ3n) is 6.00. The van der Waals surface area contributed by atoms with Gasteiger partial charge in [0.05, 0.1) is 6.20 Å². The van der Waals surface area contributed by atoms with Crippen molar-refractivity contribution in [1.29, 1.82) is 0 Å². The van der Waals surface area contributed by atoms with Gasteiger partial charge < -0.3 is 31.2 Å². The fraction of sp³-hybridized carbons (Fsp3) is 0.143. The molecule has 10 heteroatoms. The number of carbonyl (C=O) groups is 3. The van der Waals surface area contributed by atoms with Crippen LogP contribution in [0, 0.1) is 0 Å². The van der Waals surface area contributed by atoms with Crippen LogP contribution in [0.4, 0.5) is 16.3 Å². The van der Waals surface area contributed by atoms with Crippen molar-refractivity contribution in [3.05, 3.63) is 114 Å². The molecule has 0 unspecified atom stereocenters. The van der Waals surface area contributed by atoms with Gasteiger partial charge in [0.1, 0.15) is 23.1 Å². The normalized spacial score (nSPS) is 10.9. The summed E-state index contributed by atoms with van der Waals surface area (Å²) in [6, 6.07) is 29.7. The van der Waals surface area contributed by atoms with E-state index in [2.05, 4.69) is 21.0 Å². The van der Waals surface area contributed by atoms with E-state index < -0.39 is 23.4 Å². The molecule has 0 saturated carbocycles. The molecule has 4 aromatic rings. The van der Waals surface area contributed by atoms with Crippen LogP contribution in [0.2, 0.25) is 0 Å². The number of hydrogen-bond acceptors (Lipinski definition) is 6. The van der Waals surface area contributed by atoms with E-state index in [1.165, 1.54) is 6.20 Å². The highest BCUT2D eigenvalue weighted by molar-refractivity contribution is 6.39. The van der Waals surface area contributed by atoms with Crippen molar-refractivity contribution in [3.63, 3.8) is 0 Å². The molecule has 4 N–H and O–H groups in total. The van der Waals surface area contributed by atoms with Crippen LogP contribution in [-0.2, 0) is 22.2 Å². The van der Waals surface area contributed by atoms with Crippen molar-refractivity contribution in [2.45, 2.75) is 5.54 Å². The number of carbonyl (C=O) groups excluding carboxylic acids is 3. The smallest absolute Gasteiger partial charge is 0.313 e. The van der Waals surface area contributed by atoms with Crippen molar-refractivity contribution in [3.8, 4) is 0 Å². The summed E-state index contributed by atoms with van der Waals surface area (Å²) in [6.45, 7) is -0.160. The van der Waals surface area contributed by atoms with Crippen molar-refractivity contribution >= 4 is 29.4 Å². The van der Waals surface area contributed by atoms with Crippen LogP contribution in [0.25, 0.3) is 0 Å². The van der Waals surface area contributed by atoms with Gasteiger partial charge in [-0.2, -0.15) is 5.10 Å². The predicted molar refractivity (Wildman–Crippen MR) is 141 cm³/mol. The van der Waals surface area contributed by atoms with E-state index in [0.717, 1.165) is 16.7 Å². The van der Waals surface area contributed by atoms with Crippen molar-refractivity contribution in [2.24, 2.45) is 7.05 Å². The number of aryl methyl sites for hydroxylation is 1. The lowest BCUT2D eigenvalue weighted by Gasteiger charge is -2.38. The van der Waals surface area contributed by atoms with E-state index in [1.807, 2.05) is 96.3 Å². The Labute approximate surface area is 219 Å². The number of rotatable bonds is 9. The minimum atomic E-state index is -1.46. The first-order valence-electron chi connectivity index (χ1n) is 11.9. The maximum atomic E-state index is 12.6. The Morgan fingerprint density at radius 2 is 1.24 bits per heavy atom. The zero-order valence-electron chi connectivity index (χ0n) is 20.7. The van der Waals surface area contributed by atoms with Crippen molar-refractivity contribution in [2.75, 3.05) is 23.7 Å². The summed E-state index contributed by atoms with van der Waals surface area (Å²) in [4.78, 5) is 35.4. The lowest BCUT2D eigenvalue weighted by Crippen LogP contribution is -2.43. The minimum Gasteiger partial charge on any atom is -0.530 e. The van der Waals surface area contributed by atoms with E-state index in [1.54, 1.807) is 11.7 Å². The monoisotopic (exact) mass is 511 g/mol. The summed E-state index contributed by atoms with van der Waals surface area (Å²) in [5.74, 6) is -1.36. The Balaban J connectivity index is 1.71. The van der Waals surface area contributed by atoms with Gasteiger partial charge >= 0.3 is 11.8 Å². The first kappa shape index (κ1) is 26.0. The highest BCUT2D eigenvalue weighted by Gasteiger charge is 2.38. The van der Waals surface area contributed by atoms with Gasteiger partial charge in [-0.15, -0.1) is 0 Å². The zero-order chi connectivity index (χ0) is 27.0. The summed E-state index contributed by atoms with van der Waals surface area (Å²) >= 11 is 0. The van der Waals surface area contributed by atoms with Crippen LogP contribution in [-0.4, -0.2) is 40.8 Å². The van der Waals surface area contributed by atoms with Crippen molar-refractivity contribution in [1.82, 2.24) is 20.4 Å². The molecule has 0 radical (unpaired) electrons. The molecule has 0 spiro atoms. The molecule has 0 fully saturated rings. The third kappa shape index (κ3) is 5.65. The van der Waals surface area contributed by atoms with Gasteiger partial charge in [0, 0.05) is 20.1 Å². The molecule has 1 heterocycles. The van der Waals surface area contributed by atoms with Crippen LogP contribution < -0.4 is 26.4 Å². The molecule has 0 aliphatic rings. The summed E-state index contributed by atoms with van der Waals surface area (Å²) in [5.41, 5.74) is 2.28. The highest BCUT2D eigenvalue weighted by Crippen LogP contribution is 2.41. The minimum absolute atomic E-state index is 0.0719. The Morgan fingerprint density at radius 1 is 0.763 bits per heavy atom. The van der Waals surface area contributed by atoms with Gasteiger partial charge in [-0.25, -0.2) is 0 Å². The van der Waals surface area contributed by atoms with Crippen LogP contribution in [0.3, 0.4) is 0 Å². The molecule has 3 amide bonds. The van der Waals surface area contributed by atoms with E-state index in [9.17, 15) is 19.5 Å². The van der Waals surface area contributed by atoms with Gasteiger partial charge in [-0.3, -0.25) is 14.3 Å². The lowest BCUT2D eigenvalue weighted by atomic mass is 9.77. The summed E-state index contributed by atoms with van der Waals surface area (Å²) < 4.78 is 1.58. The second-order valence-electron chi connectivity index (χ2n) is 8.43. The summed E-state index contributed by atoms with van der Waals surface area (Å²) in [6.07, 6.45) is -0.00908. The van der Waals surface area contributed by atoms with E-state index in [4.69, 9.17) is 0 Å². The molecule has 10 nitrogen and oxygen atoms in total. The molecule has 4 rings (SSSR count). The average molecular weight is 512 g/mol. The van der Waals surface area contributed by atoms with Gasteiger partial charge in [0.2, 0.25) is 0 Å². The number of anilines is 2. The largest absolute Gasteiger partial charge is 0.530 e. The molecular formula is C28H27N6O4-. The number of carboxylic acid groups (broad SMARTS) is 1. The fourth-order valence-electron chi connectivity index (χ4n) is 4.24. The molecule has 38 heavy (non-hydrogen) atoms. The SMILES string of the molecule is Cn1ncc(NC(=O)C(=O)NCCNC(=O)[O-])c1NC(c1ccccc1)(c1ccccc1)c1ccccc1. The first-order chi connectivity index (χ1) is 18.4. The van der Waals surface area contributed by atoms with E-state index in [0.29, 0.717) is 11.5 Å². The van der Waals surface area contributed by atoms with Gasteiger partial charge in [0.15, 0.2) is 0 Å². The number of hydrogen-bond donors (Lipinski definition) is 4. The second-order valence-corrected chi connectivity index (χ2v) is 8.43. The van der Waals surface area contributed by atoms with E-state index in [-0.39, 0.29) is 13.1 Å². The van der Waals surface area contributed by atoms with Gasteiger partial charge in [0.25, 0.3) is 0 Å². The quantitative estimate of drug-likeness (QED) is 0.154. The molecule has 0 bridgehead atoms. The topological polar surface area (TPSA) is 140 Å². The van der Waals surface area contributed by atoms with Crippen LogP contribution in [0.15, 0.2) is 97.2 Å². The first-order valence-corrected chi connectivity index (χ1v) is 11.9. The molecule has 0 atom stereocenters. The number of aromatic nitrogens is 2. The molecule has 194 valence electrons. The molecular weight excluding hydrogens is 484 g/mol. The maximum Gasteiger partial charge on any atom is 0.313 e. The molecule has 1 aromatic heterocycles. The predicted octanol–water partition coefficient (Wildman–Crippen LogP) is 1.81. The second kappa shape index (κ2) is 11.7. The van der Waals surface area contributed by atoms with Gasteiger partial charge in [-0.1, -0.05) is 91.0 Å². The summed E-state index contributed by atoms with van der Waals surface area (Å²) in [5, 5.41) is 25.4. The Kier molecular flexibility index (Phi) is 8.02. The van der Waals surface area contributed by atoms with Gasteiger partial charge in [-0.05, 0) is 16.7 Å². The lowest BCUT2D eigenvalue weighted by molar-refractivity contribution is -0.250. The standard InChI is InChI=1S/C28H28N6O4/c1-34-24(23(19-31-34)32-26(36)25(35)29-17-18-30-27(37)38)33-28(20-11-5-2-6-12-20,21-13-7-3-8-14-21)22-15-9-4-10-16-22/h2-16,19,30,33H,17-18H2,1H3,(H,29,35)(H,32,36)(H,37,38)/p-1. The summed E-state index contributed by atoms with van der Waals surface area (Å²) in [7, 11) is 1.73. The van der Waals surface area contributed by atoms with Crippen molar-refractivity contribution < 1.29 is 19.5 Å². The van der Waals surface area contributed by atoms with Crippen LogP contribution in [0.1, 0.15) is 16.7 Å². The average Bonchev–Trinajstić information content (AvgIpc) is 3.28. The number of nitrogens with one attached hydrogen (secondary N) is 4. The third-order valence-corrected chi connectivity index (χ3v) is 6.00. The zero-order valence-corrected chi connectivity index (χ0v) is 20.7. The molecule has 3 aromatic carbocycles. The highest BCUT2D eigenvalue weighted by atomic mass is 16.4. The molecule has 0 saturated heterocycles. The van der Waals surface area contributed by atoms with Crippen LogP contribution >= 0.6 is 0 Å². The Morgan fingerprint density at radius 3 is 1.71 bits per heavy atom. The fourth-order valence-corrected chi connectivity index (χ4v) is 4.24. The maximum absolute atomic E-state index is 12.6. The number of nitrogens with zero attached hydrogens (tertiary/aromatic N) is 2.